The fraction of sp³-hybridized carbons (Fsp3) is 0.846. The molecule has 0 aliphatic heterocycles. The molecular weight excluding hydrogens is 410 g/mol. The van der Waals surface area contributed by atoms with Crippen LogP contribution in [0.3, 0.4) is 0 Å². The van der Waals surface area contributed by atoms with E-state index in [9.17, 15) is 0 Å². The summed E-state index contributed by atoms with van der Waals surface area (Å²) in [5, 5.41) is 0. The Morgan fingerprint density at radius 1 is 1.00 bits per heavy atom. The highest BCUT2D eigenvalue weighted by atomic mass is 128. The maximum absolute atomic E-state index is 2.39. The van der Waals surface area contributed by atoms with Crippen molar-refractivity contribution in [2.45, 2.75) is 54.9 Å². The molecule has 0 fully saturated rings. The Balaban J connectivity index is 0.000000921. The molecule has 0 amide bonds. The molecule has 0 nitrogen and oxygen atoms in total. The number of hydrogen-bond donors (Lipinski definition) is 0. The molecule has 0 spiro atoms. The van der Waals surface area contributed by atoms with E-state index >= 15 is 0 Å². The van der Waals surface area contributed by atoms with Crippen LogP contribution in [0.5, 0.6) is 0 Å². The lowest BCUT2D eigenvalue weighted by molar-refractivity contribution is 0.173. The van der Waals surface area contributed by atoms with Crippen LogP contribution in [0.15, 0.2) is 11.1 Å². The van der Waals surface area contributed by atoms with Gasteiger partial charge >= 0.3 is 0 Å². The monoisotopic (exact) mass is 434 g/mol. The van der Waals surface area contributed by atoms with Crippen LogP contribution < -0.4 is 0 Å². The third kappa shape index (κ3) is 3.33. The predicted octanol–water partition coefficient (Wildman–Crippen LogP) is 6.19. The minimum Gasteiger partial charge on any atom is -0.0682 e. The molecule has 0 aromatic rings. The van der Waals surface area contributed by atoms with Crippen LogP contribution in [0, 0.1) is 16.7 Å². The third-order valence-electron chi connectivity index (χ3n) is 4.59. The standard InChI is InChI=1S/C13H24.I2/c1-9-8-12(4,5)10(2)11(3)13(9,6)7;1-2/h9H,8H2,1-7H3;. The molecule has 1 unspecified atom stereocenters. The van der Waals surface area contributed by atoms with Crippen molar-refractivity contribution in [2.24, 2.45) is 16.7 Å². The van der Waals surface area contributed by atoms with Gasteiger partial charge in [0.15, 0.2) is 0 Å². The lowest BCUT2D eigenvalue weighted by atomic mass is 9.59. The molecule has 0 aromatic carbocycles. The summed E-state index contributed by atoms with van der Waals surface area (Å²) in [4.78, 5) is 0. The van der Waals surface area contributed by atoms with Gasteiger partial charge in [-0.1, -0.05) is 45.8 Å². The van der Waals surface area contributed by atoms with Crippen LogP contribution in [0.4, 0.5) is 0 Å². The molecule has 0 saturated heterocycles. The summed E-state index contributed by atoms with van der Waals surface area (Å²) < 4.78 is 0. The summed E-state index contributed by atoms with van der Waals surface area (Å²) in [6.07, 6.45) is 1.32. The van der Waals surface area contributed by atoms with E-state index in [1.165, 1.54) is 6.42 Å². The van der Waals surface area contributed by atoms with Crippen LogP contribution >= 0.6 is 37.2 Å². The van der Waals surface area contributed by atoms with Gasteiger partial charge in [-0.3, -0.25) is 0 Å². The molecule has 1 atom stereocenters. The predicted molar refractivity (Wildman–Crippen MR) is 87.8 cm³/mol. The van der Waals surface area contributed by atoms with E-state index in [-0.39, 0.29) is 0 Å². The van der Waals surface area contributed by atoms with Crippen molar-refractivity contribution in [3.63, 3.8) is 0 Å². The average Bonchev–Trinajstić information content (AvgIpc) is 2.16. The van der Waals surface area contributed by atoms with Crippen molar-refractivity contribution in [2.75, 3.05) is 0 Å². The molecular formula is C13H24I2. The van der Waals surface area contributed by atoms with Crippen LogP contribution in [0.25, 0.3) is 0 Å². The molecule has 15 heavy (non-hydrogen) atoms. The normalized spacial score (nSPS) is 28.2. The van der Waals surface area contributed by atoms with Gasteiger partial charge in [0.05, 0.1) is 0 Å². The van der Waals surface area contributed by atoms with Gasteiger partial charge in [-0.25, -0.2) is 0 Å². The zero-order valence-corrected chi connectivity index (χ0v) is 15.4. The van der Waals surface area contributed by atoms with Crippen LogP contribution in [-0.4, -0.2) is 0 Å². The van der Waals surface area contributed by atoms with Gasteiger partial charge in [-0.05, 0) is 37.0 Å². The second-order valence-electron chi connectivity index (χ2n) is 5.96. The summed E-state index contributed by atoms with van der Waals surface area (Å²) >= 11 is 4.24. The van der Waals surface area contributed by atoms with Crippen molar-refractivity contribution in [3.8, 4) is 0 Å². The van der Waals surface area contributed by atoms with Gasteiger partial charge in [0.2, 0.25) is 0 Å². The van der Waals surface area contributed by atoms with Crippen LogP contribution in [0.1, 0.15) is 54.9 Å². The van der Waals surface area contributed by atoms with E-state index in [2.05, 4.69) is 85.7 Å². The maximum Gasteiger partial charge on any atom is 0 e. The van der Waals surface area contributed by atoms with Crippen molar-refractivity contribution in [3.05, 3.63) is 11.1 Å². The Hall–Kier alpha value is 1.20. The molecule has 0 aromatic heterocycles. The minimum atomic E-state index is 0.402. The first-order chi connectivity index (χ1) is 6.69. The SMILES string of the molecule is CC1=C(C)C(C)(C)C(C)CC1(C)C.II. The van der Waals surface area contributed by atoms with Gasteiger partial charge in [0.1, 0.15) is 0 Å². The van der Waals surface area contributed by atoms with E-state index in [0.717, 1.165) is 5.92 Å². The summed E-state index contributed by atoms with van der Waals surface area (Å²) in [6.45, 7) is 16.5. The molecule has 0 N–H and O–H groups in total. The Morgan fingerprint density at radius 2 is 1.40 bits per heavy atom. The highest BCUT2D eigenvalue weighted by molar-refractivity contribution is 15.0. The second-order valence-corrected chi connectivity index (χ2v) is 5.96. The molecule has 0 heterocycles. The molecule has 0 bridgehead atoms. The molecule has 90 valence electrons. The second kappa shape index (κ2) is 5.69. The average molecular weight is 434 g/mol. The third-order valence-corrected chi connectivity index (χ3v) is 4.59. The number of hydrogen-bond acceptors (Lipinski definition) is 0. The molecule has 0 saturated carbocycles. The molecule has 0 radical (unpaired) electrons. The smallest absolute Gasteiger partial charge is 0 e. The van der Waals surface area contributed by atoms with Crippen molar-refractivity contribution >= 4 is 37.2 Å². The van der Waals surface area contributed by atoms with E-state index < -0.39 is 0 Å². The molecule has 1 aliphatic carbocycles. The highest BCUT2D eigenvalue weighted by Crippen LogP contribution is 2.51. The fourth-order valence-electron chi connectivity index (χ4n) is 2.53. The first-order valence-corrected chi connectivity index (χ1v) is 11.8. The van der Waals surface area contributed by atoms with Gasteiger partial charge in [-0.15, -0.1) is 0 Å². The number of allylic oxidation sites excluding steroid dienone is 2. The molecule has 1 aliphatic rings. The van der Waals surface area contributed by atoms with Crippen LogP contribution in [-0.2, 0) is 0 Å². The summed E-state index contributed by atoms with van der Waals surface area (Å²) in [7, 11) is 0. The number of rotatable bonds is 0. The van der Waals surface area contributed by atoms with Crippen molar-refractivity contribution in [1.82, 2.24) is 0 Å². The Labute approximate surface area is 119 Å². The topological polar surface area (TPSA) is 0 Å². The minimum absolute atomic E-state index is 0.402. The van der Waals surface area contributed by atoms with E-state index in [1.54, 1.807) is 11.1 Å². The largest absolute Gasteiger partial charge is 0.0682 e. The van der Waals surface area contributed by atoms with Crippen molar-refractivity contribution < 1.29 is 0 Å². The lowest BCUT2D eigenvalue weighted by Gasteiger charge is -2.46. The van der Waals surface area contributed by atoms with Gasteiger partial charge in [0.25, 0.3) is 0 Å². The lowest BCUT2D eigenvalue weighted by Crippen LogP contribution is -2.35. The summed E-state index contributed by atoms with van der Waals surface area (Å²) in [5.74, 6) is 0.797. The van der Waals surface area contributed by atoms with Crippen LogP contribution in [0.2, 0.25) is 0 Å². The summed E-state index contributed by atoms with van der Waals surface area (Å²) in [5.41, 5.74) is 4.03. The van der Waals surface area contributed by atoms with Gasteiger partial charge in [-0.2, -0.15) is 0 Å². The zero-order valence-electron chi connectivity index (χ0n) is 11.0. The first kappa shape index (κ1) is 16.2. The molecule has 2 heteroatoms. The van der Waals surface area contributed by atoms with E-state index in [0.29, 0.717) is 10.8 Å². The highest BCUT2D eigenvalue weighted by Gasteiger charge is 2.39. The maximum atomic E-state index is 2.39. The van der Waals surface area contributed by atoms with Gasteiger partial charge < -0.3 is 0 Å². The van der Waals surface area contributed by atoms with Crippen molar-refractivity contribution in [1.29, 1.82) is 0 Å². The Kier molecular flexibility index (Phi) is 6.15. The van der Waals surface area contributed by atoms with Gasteiger partial charge in [0, 0.05) is 37.2 Å². The number of halogens is 2. The quantitative estimate of drug-likeness (QED) is 0.315. The zero-order chi connectivity index (χ0) is 12.4. The summed E-state index contributed by atoms with van der Waals surface area (Å²) in [6, 6.07) is 0. The Bertz CT molecular complexity index is 249. The fourth-order valence-corrected chi connectivity index (χ4v) is 2.53. The van der Waals surface area contributed by atoms with E-state index in [1.807, 2.05) is 0 Å². The molecule has 1 rings (SSSR count). The van der Waals surface area contributed by atoms with E-state index in [4.69, 9.17) is 0 Å². The first-order valence-electron chi connectivity index (χ1n) is 5.52. The Morgan fingerprint density at radius 3 is 1.80 bits per heavy atom.